The van der Waals surface area contributed by atoms with Gasteiger partial charge in [-0.15, -0.1) is 0 Å². The molecule has 1 heterocycles. The molecule has 1 fully saturated rings. The average molecular weight is 291 g/mol. The predicted octanol–water partition coefficient (Wildman–Crippen LogP) is 1.83. The number of nitrogen functional groups attached to an aromatic ring is 1. The molecule has 2 rings (SSSR count). The summed E-state index contributed by atoms with van der Waals surface area (Å²) in [5, 5.41) is 0. The largest absolute Gasteiger partial charge is 0.497 e. The van der Waals surface area contributed by atoms with Gasteiger partial charge in [0, 0.05) is 30.9 Å². The number of likely N-dealkylation sites (N-methyl/N-ethyl adjacent to an activating group) is 1. The van der Waals surface area contributed by atoms with Gasteiger partial charge in [-0.2, -0.15) is 0 Å². The van der Waals surface area contributed by atoms with E-state index >= 15 is 0 Å². The van der Waals surface area contributed by atoms with Gasteiger partial charge in [-0.25, -0.2) is 0 Å². The molecule has 1 amide bonds. The second-order valence-corrected chi connectivity index (χ2v) is 5.37. The SMILES string of the molecule is CCN(CC)C1CCN(C(=O)c2ccc(OC)cc2N)C1. The first-order valence-electron chi connectivity index (χ1n) is 7.57. The third-order valence-electron chi connectivity index (χ3n) is 4.27. The quantitative estimate of drug-likeness (QED) is 0.841. The molecular formula is C16H25N3O2. The second-order valence-electron chi connectivity index (χ2n) is 5.37. The van der Waals surface area contributed by atoms with Crippen molar-refractivity contribution >= 4 is 11.6 Å². The summed E-state index contributed by atoms with van der Waals surface area (Å²) in [5.74, 6) is 0.691. The van der Waals surface area contributed by atoms with Crippen LogP contribution in [0.5, 0.6) is 5.75 Å². The van der Waals surface area contributed by atoms with Crippen molar-refractivity contribution in [3.8, 4) is 5.75 Å². The molecule has 1 unspecified atom stereocenters. The third-order valence-corrected chi connectivity index (χ3v) is 4.27. The van der Waals surface area contributed by atoms with Gasteiger partial charge in [-0.1, -0.05) is 13.8 Å². The van der Waals surface area contributed by atoms with E-state index in [9.17, 15) is 4.79 Å². The Balaban J connectivity index is 2.08. The molecule has 1 aliphatic heterocycles. The third kappa shape index (κ3) is 3.29. The number of likely N-dealkylation sites (tertiary alicyclic amines) is 1. The molecule has 5 heteroatoms. The molecule has 0 radical (unpaired) electrons. The number of methoxy groups -OCH3 is 1. The van der Waals surface area contributed by atoms with Crippen molar-refractivity contribution < 1.29 is 9.53 Å². The number of rotatable bonds is 5. The number of anilines is 1. The number of ether oxygens (including phenoxy) is 1. The lowest BCUT2D eigenvalue weighted by Crippen LogP contribution is -2.38. The molecule has 1 aromatic rings. The van der Waals surface area contributed by atoms with Gasteiger partial charge in [0.15, 0.2) is 0 Å². The highest BCUT2D eigenvalue weighted by Crippen LogP contribution is 2.24. The molecule has 0 bridgehead atoms. The van der Waals surface area contributed by atoms with Crippen LogP contribution >= 0.6 is 0 Å². The fourth-order valence-electron chi connectivity index (χ4n) is 3.00. The molecule has 1 atom stereocenters. The van der Waals surface area contributed by atoms with E-state index < -0.39 is 0 Å². The molecule has 5 nitrogen and oxygen atoms in total. The van der Waals surface area contributed by atoms with Crippen LogP contribution in [-0.2, 0) is 0 Å². The van der Waals surface area contributed by atoms with Crippen molar-refractivity contribution in [3.05, 3.63) is 23.8 Å². The van der Waals surface area contributed by atoms with Gasteiger partial charge in [0.25, 0.3) is 5.91 Å². The first-order chi connectivity index (χ1) is 10.1. The van der Waals surface area contributed by atoms with Crippen molar-refractivity contribution in [2.75, 3.05) is 39.0 Å². The highest BCUT2D eigenvalue weighted by Gasteiger charge is 2.30. The number of nitrogens with zero attached hydrogens (tertiary/aromatic N) is 2. The maximum absolute atomic E-state index is 12.6. The molecule has 0 aliphatic carbocycles. The fourth-order valence-corrected chi connectivity index (χ4v) is 3.00. The Hall–Kier alpha value is -1.75. The summed E-state index contributed by atoms with van der Waals surface area (Å²) >= 11 is 0. The van der Waals surface area contributed by atoms with E-state index in [0.29, 0.717) is 23.0 Å². The summed E-state index contributed by atoms with van der Waals surface area (Å²) < 4.78 is 5.12. The Morgan fingerprint density at radius 2 is 2.14 bits per heavy atom. The number of carbonyl (C=O) groups is 1. The maximum Gasteiger partial charge on any atom is 0.256 e. The van der Waals surface area contributed by atoms with Crippen molar-refractivity contribution in [2.24, 2.45) is 0 Å². The van der Waals surface area contributed by atoms with Crippen LogP contribution in [0.3, 0.4) is 0 Å². The van der Waals surface area contributed by atoms with Crippen LogP contribution < -0.4 is 10.5 Å². The summed E-state index contributed by atoms with van der Waals surface area (Å²) in [6.45, 7) is 7.95. The first-order valence-corrected chi connectivity index (χ1v) is 7.57. The molecule has 2 N–H and O–H groups in total. The number of carbonyl (C=O) groups excluding carboxylic acids is 1. The van der Waals surface area contributed by atoms with Gasteiger partial charge >= 0.3 is 0 Å². The monoisotopic (exact) mass is 291 g/mol. The minimum absolute atomic E-state index is 0.0183. The lowest BCUT2D eigenvalue weighted by atomic mass is 10.1. The normalized spacial score (nSPS) is 18.3. The van der Waals surface area contributed by atoms with E-state index in [4.69, 9.17) is 10.5 Å². The van der Waals surface area contributed by atoms with Crippen LogP contribution in [0, 0.1) is 0 Å². The topological polar surface area (TPSA) is 58.8 Å². The van der Waals surface area contributed by atoms with E-state index in [1.54, 1.807) is 25.3 Å². The zero-order chi connectivity index (χ0) is 15.4. The molecule has 1 saturated heterocycles. The Bertz CT molecular complexity index is 500. The zero-order valence-corrected chi connectivity index (χ0v) is 13.1. The molecule has 1 aliphatic rings. The first kappa shape index (κ1) is 15.6. The smallest absolute Gasteiger partial charge is 0.256 e. The second kappa shape index (κ2) is 6.80. The average Bonchev–Trinajstić information content (AvgIpc) is 2.97. The highest BCUT2D eigenvalue weighted by molar-refractivity contribution is 5.99. The number of hydrogen-bond donors (Lipinski definition) is 1. The minimum Gasteiger partial charge on any atom is -0.497 e. The van der Waals surface area contributed by atoms with Gasteiger partial charge in [0.1, 0.15) is 5.75 Å². The van der Waals surface area contributed by atoms with Crippen molar-refractivity contribution in [1.29, 1.82) is 0 Å². The molecule has 1 aromatic carbocycles. The maximum atomic E-state index is 12.6. The van der Waals surface area contributed by atoms with E-state index in [0.717, 1.165) is 32.6 Å². The fraction of sp³-hybridized carbons (Fsp3) is 0.562. The predicted molar refractivity (Wildman–Crippen MR) is 84.6 cm³/mol. The van der Waals surface area contributed by atoms with Crippen LogP contribution in [-0.4, -0.2) is 55.0 Å². The number of benzene rings is 1. The zero-order valence-electron chi connectivity index (χ0n) is 13.1. The highest BCUT2D eigenvalue weighted by atomic mass is 16.5. The summed E-state index contributed by atoms with van der Waals surface area (Å²) in [7, 11) is 1.59. The van der Waals surface area contributed by atoms with Crippen LogP contribution in [0.25, 0.3) is 0 Å². The number of amides is 1. The van der Waals surface area contributed by atoms with Gasteiger partial charge in [0.05, 0.1) is 12.7 Å². The van der Waals surface area contributed by atoms with E-state index in [1.165, 1.54) is 0 Å². The Morgan fingerprint density at radius 1 is 1.43 bits per heavy atom. The van der Waals surface area contributed by atoms with Crippen LogP contribution in [0.1, 0.15) is 30.6 Å². The Morgan fingerprint density at radius 3 is 2.71 bits per heavy atom. The van der Waals surface area contributed by atoms with Crippen LogP contribution in [0.2, 0.25) is 0 Å². The summed E-state index contributed by atoms with van der Waals surface area (Å²) in [5.41, 5.74) is 7.02. The molecule has 116 valence electrons. The lowest BCUT2D eigenvalue weighted by molar-refractivity contribution is 0.0779. The summed E-state index contributed by atoms with van der Waals surface area (Å²) in [4.78, 5) is 16.9. The van der Waals surface area contributed by atoms with Crippen molar-refractivity contribution in [2.45, 2.75) is 26.3 Å². The standard InChI is InChI=1S/C16H25N3O2/c1-4-18(5-2)12-8-9-19(11-12)16(20)14-7-6-13(21-3)10-15(14)17/h6-7,10,12H,4-5,8-9,11,17H2,1-3H3. The van der Waals surface area contributed by atoms with Crippen LogP contribution in [0.15, 0.2) is 18.2 Å². The van der Waals surface area contributed by atoms with Gasteiger partial charge in [0.2, 0.25) is 0 Å². The lowest BCUT2D eigenvalue weighted by Gasteiger charge is -2.26. The minimum atomic E-state index is 0.0183. The van der Waals surface area contributed by atoms with Crippen LogP contribution in [0.4, 0.5) is 5.69 Å². The number of nitrogens with two attached hydrogens (primary N) is 1. The molecule has 0 spiro atoms. The summed E-state index contributed by atoms with van der Waals surface area (Å²) in [6.07, 6.45) is 1.03. The van der Waals surface area contributed by atoms with E-state index in [2.05, 4.69) is 18.7 Å². The van der Waals surface area contributed by atoms with E-state index in [-0.39, 0.29) is 5.91 Å². The Kier molecular flexibility index (Phi) is 5.07. The number of hydrogen-bond acceptors (Lipinski definition) is 4. The Labute approximate surface area is 126 Å². The molecule has 0 saturated carbocycles. The van der Waals surface area contributed by atoms with Gasteiger partial charge in [-0.05, 0) is 31.6 Å². The molecular weight excluding hydrogens is 266 g/mol. The molecule has 0 aromatic heterocycles. The van der Waals surface area contributed by atoms with Gasteiger partial charge in [-0.3, -0.25) is 9.69 Å². The van der Waals surface area contributed by atoms with E-state index in [1.807, 2.05) is 4.90 Å². The molecule has 21 heavy (non-hydrogen) atoms. The van der Waals surface area contributed by atoms with Crippen molar-refractivity contribution in [1.82, 2.24) is 9.80 Å². The van der Waals surface area contributed by atoms with Gasteiger partial charge < -0.3 is 15.4 Å². The summed E-state index contributed by atoms with van der Waals surface area (Å²) in [6, 6.07) is 5.69. The van der Waals surface area contributed by atoms with Crippen molar-refractivity contribution in [3.63, 3.8) is 0 Å².